The van der Waals surface area contributed by atoms with Crippen molar-refractivity contribution in [2.75, 3.05) is 24.5 Å². The van der Waals surface area contributed by atoms with Crippen LogP contribution in [0, 0.1) is 12.7 Å². The molecular weight excluding hydrogens is 227 g/mol. The van der Waals surface area contributed by atoms with Gasteiger partial charge in [0.1, 0.15) is 5.82 Å². The van der Waals surface area contributed by atoms with Gasteiger partial charge in [0.25, 0.3) is 0 Å². The molecular formula is C15H21FN2. The van der Waals surface area contributed by atoms with Crippen molar-refractivity contribution >= 4 is 5.69 Å². The molecule has 0 atom stereocenters. The molecule has 0 amide bonds. The minimum absolute atomic E-state index is 0.121. The van der Waals surface area contributed by atoms with Crippen molar-refractivity contribution < 1.29 is 4.39 Å². The van der Waals surface area contributed by atoms with E-state index >= 15 is 0 Å². The molecule has 2 fully saturated rings. The van der Waals surface area contributed by atoms with Gasteiger partial charge in [-0.2, -0.15) is 0 Å². The zero-order valence-electron chi connectivity index (χ0n) is 11.0. The second-order valence-electron chi connectivity index (χ2n) is 5.82. The molecule has 1 aromatic carbocycles. The lowest BCUT2D eigenvalue weighted by atomic mass is 9.94. The lowest BCUT2D eigenvalue weighted by molar-refractivity contribution is 0.304. The molecule has 1 saturated carbocycles. The summed E-state index contributed by atoms with van der Waals surface area (Å²) in [5, 5.41) is 3.69. The fourth-order valence-electron chi connectivity index (χ4n) is 3.46. The first-order valence-corrected chi connectivity index (χ1v) is 6.94. The number of piperazine rings is 1. The number of nitrogens with zero attached hydrogens (tertiary/aromatic N) is 1. The molecule has 1 aliphatic carbocycles. The van der Waals surface area contributed by atoms with Gasteiger partial charge in [-0.3, -0.25) is 0 Å². The van der Waals surface area contributed by atoms with Gasteiger partial charge in [-0.1, -0.05) is 12.8 Å². The maximum Gasteiger partial charge on any atom is 0.125 e. The Morgan fingerprint density at radius 1 is 1.22 bits per heavy atom. The van der Waals surface area contributed by atoms with Crippen LogP contribution in [0.4, 0.5) is 10.1 Å². The van der Waals surface area contributed by atoms with Gasteiger partial charge in [-0.15, -0.1) is 0 Å². The Bertz CT molecular complexity index is 418. The van der Waals surface area contributed by atoms with Crippen molar-refractivity contribution in [3.05, 3.63) is 29.6 Å². The molecule has 0 bridgehead atoms. The number of hydrogen-bond acceptors (Lipinski definition) is 2. The fourth-order valence-corrected chi connectivity index (χ4v) is 3.46. The van der Waals surface area contributed by atoms with E-state index in [-0.39, 0.29) is 5.82 Å². The van der Waals surface area contributed by atoms with Crippen molar-refractivity contribution in [2.45, 2.75) is 38.1 Å². The highest BCUT2D eigenvalue weighted by atomic mass is 19.1. The second-order valence-corrected chi connectivity index (χ2v) is 5.82. The minimum Gasteiger partial charge on any atom is -0.368 e. The number of aryl methyl sites for hydroxylation is 1. The Morgan fingerprint density at radius 3 is 2.72 bits per heavy atom. The number of halogens is 1. The van der Waals surface area contributed by atoms with Crippen LogP contribution in [-0.2, 0) is 0 Å². The van der Waals surface area contributed by atoms with E-state index in [2.05, 4.69) is 16.3 Å². The van der Waals surface area contributed by atoms with Crippen LogP contribution in [0.2, 0.25) is 0 Å². The number of anilines is 1. The quantitative estimate of drug-likeness (QED) is 0.822. The monoisotopic (exact) mass is 248 g/mol. The van der Waals surface area contributed by atoms with E-state index in [1.807, 2.05) is 6.92 Å². The van der Waals surface area contributed by atoms with Gasteiger partial charge in [0.15, 0.2) is 0 Å². The Labute approximate surface area is 108 Å². The Balaban J connectivity index is 1.83. The average molecular weight is 248 g/mol. The molecule has 18 heavy (non-hydrogen) atoms. The first-order chi connectivity index (χ1) is 8.67. The number of hydrogen-bond donors (Lipinski definition) is 1. The molecule has 98 valence electrons. The fraction of sp³-hybridized carbons (Fsp3) is 0.600. The summed E-state index contributed by atoms with van der Waals surface area (Å²) in [6.45, 7) is 4.97. The van der Waals surface area contributed by atoms with E-state index < -0.39 is 0 Å². The summed E-state index contributed by atoms with van der Waals surface area (Å²) in [4.78, 5) is 2.35. The van der Waals surface area contributed by atoms with Crippen LogP contribution in [-0.4, -0.2) is 25.2 Å². The molecule has 3 heteroatoms. The number of rotatable bonds is 1. The van der Waals surface area contributed by atoms with Crippen LogP contribution in [0.5, 0.6) is 0 Å². The van der Waals surface area contributed by atoms with Crippen LogP contribution in [0.15, 0.2) is 18.2 Å². The topological polar surface area (TPSA) is 15.3 Å². The summed E-state index contributed by atoms with van der Waals surface area (Å²) in [6, 6.07) is 5.36. The summed E-state index contributed by atoms with van der Waals surface area (Å²) >= 11 is 0. The van der Waals surface area contributed by atoms with E-state index in [0.29, 0.717) is 5.54 Å². The smallest absolute Gasteiger partial charge is 0.125 e. The van der Waals surface area contributed by atoms with E-state index in [1.54, 1.807) is 12.1 Å². The van der Waals surface area contributed by atoms with Crippen LogP contribution in [0.1, 0.15) is 31.2 Å². The Hall–Kier alpha value is -1.09. The predicted octanol–water partition coefficient (Wildman–Crippen LogP) is 2.86. The molecule has 1 heterocycles. The summed E-state index contributed by atoms with van der Waals surface area (Å²) < 4.78 is 13.5. The molecule has 3 rings (SSSR count). The lowest BCUT2D eigenvalue weighted by Crippen LogP contribution is -2.59. The van der Waals surface area contributed by atoms with Gasteiger partial charge in [0.2, 0.25) is 0 Å². The number of benzene rings is 1. The highest BCUT2D eigenvalue weighted by Crippen LogP contribution is 2.33. The third-order valence-corrected chi connectivity index (χ3v) is 4.33. The van der Waals surface area contributed by atoms with Crippen LogP contribution in [0.25, 0.3) is 0 Å². The molecule has 1 saturated heterocycles. The molecule has 1 N–H and O–H groups in total. The SMILES string of the molecule is Cc1cc(F)cc(N2CCNC3(CCCC3)C2)c1. The van der Waals surface area contributed by atoms with E-state index in [4.69, 9.17) is 0 Å². The van der Waals surface area contributed by atoms with Gasteiger partial charge in [-0.25, -0.2) is 4.39 Å². The molecule has 2 nitrogen and oxygen atoms in total. The summed E-state index contributed by atoms with van der Waals surface area (Å²) in [7, 11) is 0. The van der Waals surface area contributed by atoms with E-state index in [1.165, 1.54) is 25.7 Å². The number of nitrogens with one attached hydrogen (secondary N) is 1. The summed E-state index contributed by atoms with van der Waals surface area (Å²) in [5.41, 5.74) is 2.34. The maximum atomic E-state index is 13.5. The van der Waals surface area contributed by atoms with Crippen LogP contribution in [0.3, 0.4) is 0 Å². The molecule has 0 aromatic heterocycles. The normalized spacial score (nSPS) is 22.7. The summed E-state index contributed by atoms with van der Waals surface area (Å²) in [6.07, 6.45) is 5.17. The third-order valence-electron chi connectivity index (χ3n) is 4.33. The largest absolute Gasteiger partial charge is 0.368 e. The van der Waals surface area contributed by atoms with Crippen molar-refractivity contribution in [3.8, 4) is 0 Å². The highest BCUT2D eigenvalue weighted by molar-refractivity contribution is 5.50. The molecule has 0 radical (unpaired) electrons. The van der Waals surface area contributed by atoms with Gasteiger partial charge < -0.3 is 10.2 Å². The average Bonchev–Trinajstić information content (AvgIpc) is 2.76. The van der Waals surface area contributed by atoms with Crippen LogP contribution >= 0.6 is 0 Å². The first kappa shape index (κ1) is 12.0. The first-order valence-electron chi connectivity index (χ1n) is 6.94. The second kappa shape index (κ2) is 4.54. The molecule has 1 spiro atoms. The van der Waals surface area contributed by atoms with Crippen molar-refractivity contribution in [1.29, 1.82) is 0 Å². The maximum absolute atomic E-state index is 13.5. The van der Waals surface area contributed by atoms with Gasteiger partial charge >= 0.3 is 0 Å². The summed E-state index contributed by atoms with van der Waals surface area (Å²) in [5.74, 6) is -0.121. The van der Waals surface area contributed by atoms with Gasteiger partial charge in [-0.05, 0) is 43.5 Å². The van der Waals surface area contributed by atoms with E-state index in [9.17, 15) is 4.39 Å². The van der Waals surface area contributed by atoms with E-state index in [0.717, 1.165) is 30.9 Å². The molecule has 2 aliphatic rings. The molecule has 1 aliphatic heterocycles. The van der Waals surface area contributed by atoms with Gasteiger partial charge in [0, 0.05) is 30.9 Å². The van der Waals surface area contributed by atoms with Crippen LogP contribution < -0.4 is 10.2 Å². The standard InChI is InChI=1S/C15H21FN2/c1-12-8-13(16)10-14(9-12)18-7-6-17-15(11-18)4-2-3-5-15/h8-10,17H,2-7,11H2,1H3. The lowest BCUT2D eigenvalue weighted by Gasteiger charge is -2.42. The molecule has 0 unspecified atom stereocenters. The highest BCUT2D eigenvalue weighted by Gasteiger charge is 2.37. The third kappa shape index (κ3) is 2.24. The zero-order chi connectivity index (χ0) is 12.6. The predicted molar refractivity (Wildman–Crippen MR) is 72.6 cm³/mol. The van der Waals surface area contributed by atoms with Gasteiger partial charge in [0.05, 0.1) is 0 Å². The Morgan fingerprint density at radius 2 is 2.00 bits per heavy atom. The van der Waals surface area contributed by atoms with Crippen molar-refractivity contribution in [3.63, 3.8) is 0 Å². The minimum atomic E-state index is -0.121. The zero-order valence-corrected chi connectivity index (χ0v) is 11.0. The van der Waals surface area contributed by atoms with Crippen molar-refractivity contribution in [2.24, 2.45) is 0 Å². The van der Waals surface area contributed by atoms with Crippen molar-refractivity contribution in [1.82, 2.24) is 5.32 Å². The molecule has 1 aromatic rings. The Kier molecular flexibility index (Phi) is 3.02.